The zero-order chi connectivity index (χ0) is 47.1. The summed E-state index contributed by atoms with van der Waals surface area (Å²) in [4.78, 5) is 46.5. The smallest absolute Gasteiger partial charge is 0.347 e. The number of rotatable bonds is 18. The number of ether oxygens (including phenoxy) is 2. The third-order valence-corrected chi connectivity index (χ3v) is 14.3. The van der Waals surface area contributed by atoms with Gasteiger partial charge in [-0.1, -0.05) is 103 Å². The lowest BCUT2D eigenvalue weighted by molar-refractivity contribution is -0.166. The molecular weight excluding hydrogens is 886 g/mol. The van der Waals surface area contributed by atoms with Crippen molar-refractivity contribution in [2.24, 2.45) is 5.41 Å². The van der Waals surface area contributed by atoms with Crippen LogP contribution in [0.3, 0.4) is 0 Å². The van der Waals surface area contributed by atoms with Crippen LogP contribution in [0, 0.1) is 5.41 Å². The molecule has 0 bridgehead atoms. The Kier molecular flexibility index (Phi) is 14.7. The molecule has 13 heteroatoms. The second-order valence-corrected chi connectivity index (χ2v) is 19.1. The number of aromatic nitrogens is 1. The number of carbonyl (C=O) groups is 2. The first kappa shape index (κ1) is 47.4. The van der Waals surface area contributed by atoms with Crippen molar-refractivity contribution in [2.75, 3.05) is 33.4 Å². The molecule has 7 aromatic rings. The van der Waals surface area contributed by atoms with E-state index in [1.54, 1.807) is 54.6 Å². The number of carbonyl (C=O) groups excluding carboxylic acids is 2. The number of phenols is 1. The van der Waals surface area contributed by atoms with Gasteiger partial charge in [-0.05, 0) is 97.1 Å². The number of likely N-dealkylation sites (tertiary alicyclic amines) is 1. The number of phenolic OH excluding ortho intramolecular Hbond substituents is 1. The van der Waals surface area contributed by atoms with Crippen LogP contribution in [0.2, 0.25) is 5.02 Å². The van der Waals surface area contributed by atoms with Crippen molar-refractivity contribution < 1.29 is 34.4 Å². The number of aryl methyl sites for hydroxylation is 1. The standard InChI is InChI=1S/C54H54ClN3O8S/c1-53(24-26-58(27-25-53)33-35-10-5-3-6-11-35)34-66-52(63)54(64,38-13-7-4-8-14-38)39-15-9-12-36(28-39)49-22-17-40(67-49)16-20-45(59)43-30-48(65-2)37(29-44(43)55)31-56-32-47(61)41-18-21-46(60)51-42(41)19-23-50(62)57-51/h3-15,17-19,21-23,28-30,47,56,60-61,64H,16,20,24-27,31-34H2,1-2H3,(H,57,62)/t47-,54-/m0/s1. The van der Waals surface area contributed by atoms with Crippen molar-refractivity contribution in [3.63, 3.8) is 0 Å². The lowest BCUT2D eigenvalue weighted by Gasteiger charge is -2.39. The van der Waals surface area contributed by atoms with Crippen LogP contribution >= 0.6 is 22.9 Å². The number of aromatic hydroxyl groups is 1. The molecule has 8 rings (SSSR count). The minimum Gasteiger partial charge on any atom is -0.506 e. The first-order valence-electron chi connectivity index (χ1n) is 22.4. The quantitative estimate of drug-likeness (QED) is 0.0414. The molecule has 1 saturated heterocycles. The summed E-state index contributed by atoms with van der Waals surface area (Å²) in [6, 6.07) is 39.9. The second kappa shape index (κ2) is 20.8. The zero-order valence-electron chi connectivity index (χ0n) is 37.5. The Hall–Kier alpha value is -6.12. The maximum Gasteiger partial charge on any atom is 0.347 e. The molecule has 5 aromatic carbocycles. The predicted octanol–water partition coefficient (Wildman–Crippen LogP) is 9.34. The molecule has 0 spiro atoms. The molecule has 0 unspecified atom stereocenters. The molecule has 1 fully saturated rings. The number of hydrogen-bond donors (Lipinski definition) is 5. The highest BCUT2D eigenvalue weighted by Crippen LogP contribution is 2.38. The Morgan fingerprint density at radius 3 is 2.39 bits per heavy atom. The van der Waals surface area contributed by atoms with E-state index in [2.05, 4.69) is 46.4 Å². The molecule has 2 atom stereocenters. The summed E-state index contributed by atoms with van der Waals surface area (Å²) in [5.41, 5.74) is 2.10. The molecule has 0 amide bonds. The van der Waals surface area contributed by atoms with Crippen molar-refractivity contribution in [2.45, 2.75) is 57.4 Å². The summed E-state index contributed by atoms with van der Waals surface area (Å²) in [5, 5.41) is 37.7. The first-order chi connectivity index (χ1) is 32.3. The van der Waals surface area contributed by atoms with Crippen molar-refractivity contribution in [3.8, 4) is 21.9 Å². The van der Waals surface area contributed by atoms with Crippen molar-refractivity contribution >= 4 is 45.6 Å². The third kappa shape index (κ3) is 10.9. The van der Waals surface area contributed by atoms with Gasteiger partial charge in [0.2, 0.25) is 11.2 Å². The number of nitrogens with one attached hydrogen (secondary N) is 2. The summed E-state index contributed by atoms with van der Waals surface area (Å²) < 4.78 is 11.7. The fraction of sp³-hybridized carbons (Fsp3) is 0.278. The van der Waals surface area contributed by atoms with E-state index in [0.717, 1.165) is 47.8 Å². The molecule has 0 aliphatic carbocycles. The van der Waals surface area contributed by atoms with E-state index in [4.69, 9.17) is 21.1 Å². The first-order valence-corrected chi connectivity index (χ1v) is 23.6. The molecule has 67 heavy (non-hydrogen) atoms. The van der Waals surface area contributed by atoms with Crippen molar-refractivity contribution in [1.82, 2.24) is 15.2 Å². The Morgan fingerprint density at radius 2 is 1.64 bits per heavy atom. The van der Waals surface area contributed by atoms with Gasteiger partial charge in [-0.15, -0.1) is 11.3 Å². The molecule has 0 radical (unpaired) electrons. The molecule has 5 N–H and O–H groups in total. The SMILES string of the molecule is COc1cc(C(=O)CCc2ccc(-c3cccc([C@](O)(C(=O)OCC4(C)CCN(Cc5ccccc5)CC4)c4ccccc4)c3)s2)c(Cl)cc1CNC[C@H](O)c1ccc(O)c2[nH]c(=O)ccc12. The number of hydrogen-bond acceptors (Lipinski definition) is 11. The van der Waals surface area contributed by atoms with Crippen LogP contribution in [-0.4, -0.2) is 70.3 Å². The molecule has 1 aliphatic rings. The van der Waals surface area contributed by atoms with E-state index in [9.17, 15) is 29.7 Å². The number of fused-ring (bicyclic) bond motifs is 1. The summed E-state index contributed by atoms with van der Waals surface area (Å²) >= 11 is 8.24. The van der Waals surface area contributed by atoms with E-state index >= 15 is 0 Å². The van der Waals surface area contributed by atoms with Gasteiger partial charge in [-0.3, -0.25) is 14.5 Å². The van der Waals surface area contributed by atoms with E-state index in [1.165, 1.54) is 36.1 Å². The maximum atomic E-state index is 14.2. The largest absolute Gasteiger partial charge is 0.506 e. The fourth-order valence-corrected chi connectivity index (χ4v) is 10.0. The summed E-state index contributed by atoms with van der Waals surface area (Å²) in [6.07, 6.45) is 1.44. The molecule has 346 valence electrons. The van der Waals surface area contributed by atoms with Gasteiger partial charge in [0.1, 0.15) is 11.5 Å². The number of esters is 1. The van der Waals surface area contributed by atoms with Crippen LogP contribution in [-0.2, 0) is 34.6 Å². The van der Waals surface area contributed by atoms with Crippen LogP contribution < -0.4 is 15.6 Å². The molecule has 3 heterocycles. The summed E-state index contributed by atoms with van der Waals surface area (Å²) in [6.45, 7) is 5.43. The van der Waals surface area contributed by atoms with Gasteiger partial charge < -0.3 is 35.1 Å². The number of halogens is 1. The minimum atomic E-state index is -2.05. The van der Waals surface area contributed by atoms with Gasteiger partial charge in [-0.25, -0.2) is 4.79 Å². The Balaban J connectivity index is 0.894. The molecule has 2 aromatic heterocycles. The summed E-state index contributed by atoms with van der Waals surface area (Å²) in [5.74, 6) is -0.485. The van der Waals surface area contributed by atoms with Crippen LogP contribution in [0.1, 0.15) is 75.3 Å². The van der Waals surface area contributed by atoms with Gasteiger partial charge in [0, 0.05) is 69.4 Å². The Morgan fingerprint density at radius 1 is 0.910 bits per heavy atom. The monoisotopic (exact) mass is 939 g/mol. The maximum absolute atomic E-state index is 14.2. The number of Topliss-reactive ketones (excluding diaryl/α,β-unsaturated/α-hetero) is 1. The number of ketones is 1. The number of aromatic amines is 1. The van der Waals surface area contributed by atoms with E-state index in [1.807, 2.05) is 42.5 Å². The molecular formula is C54H54ClN3O8S. The number of aliphatic hydroxyl groups is 2. The van der Waals surface area contributed by atoms with Crippen LogP contribution in [0.25, 0.3) is 21.3 Å². The predicted molar refractivity (Wildman–Crippen MR) is 263 cm³/mol. The number of methoxy groups -OCH3 is 1. The number of H-pyrrole nitrogens is 1. The van der Waals surface area contributed by atoms with Gasteiger partial charge in [0.25, 0.3) is 0 Å². The van der Waals surface area contributed by atoms with Gasteiger partial charge >= 0.3 is 5.97 Å². The average Bonchev–Trinajstić information content (AvgIpc) is 3.83. The Bertz CT molecular complexity index is 2910. The zero-order valence-corrected chi connectivity index (χ0v) is 39.0. The fourth-order valence-electron chi connectivity index (χ4n) is 8.74. The van der Waals surface area contributed by atoms with Crippen LogP contribution in [0.4, 0.5) is 0 Å². The van der Waals surface area contributed by atoms with E-state index < -0.39 is 17.7 Å². The number of aliphatic hydroxyl groups excluding tert-OH is 1. The van der Waals surface area contributed by atoms with Gasteiger partial charge in [0.05, 0.1) is 30.4 Å². The van der Waals surface area contributed by atoms with Gasteiger partial charge in [-0.2, -0.15) is 0 Å². The van der Waals surface area contributed by atoms with Crippen molar-refractivity contribution in [1.29, 1.82) is 0 Å². The topological polar surface area (TPSA) is 161 Å². The summed E-state index contributed by atoms with van der Waals surface area (Å²) in [7, 11) is 1.52. The highest BCUT2D eigenvalue weighted by molar-refractivity contribution is 7.15. The number of thiophene rings is 1. The number of benzene rings is 5. The highest BCUT2D eigenvalue weighted by atomic mass is 35.5. The number of pyridine rings is 1. The van der Waals surface area contributed by atoms with Gasteiger partial charge in [0.15, 0.2) is 5.78 Å². The third-order valence-electron chi connectivity index (χ3n) is 12.8. The van der Waals surface area contributed by atoms with Crippen LogP contribution in [0.5, 0.6) is 11.5 Å². The molecule has 11 nitrogen and oxygen atoms in total. The van der Waals surface area contributed by atoms with E-state index in [0.29, 0.717) is 45.4 Å². The normalized spacial score (nSPS) is 15.2. The second-order valence-electron chi connectivity index (χ2n) is 17.6. The van der Waals surface area contributed by atoms with E-state index in [-0.39, 0.29) is 59.2 Å². The lowest BCUT2D eigenvalue weighted by atomic mass is 9.81. The highest BCUT2D eigenvalue weighted by Gasteiger charge is 2.43. The number of nitrogens with zero attached hydrogens (tertiary/aromatic N) is 1. The lowest BCUT2D eigenvalue weighted by Crippen LogP contribution is -2.43. The Labute approximate surface area is 398 Å². The average molecular weight is 941 g/mol. The molecule has 1 aliphatic heterocycles. The molecule has 0 saturated carbocycles. The van der Waals surface area contributed by atoms with Crippen molar-refractivity contribution in [3.05, 3.63) is 187 Å². The number of piperidine rings is 1. The minimum absolute atomic E-state index is 0.0889. The van der Waals surface area contributed by atoms with Crippen LogP contribution in [0.15, 0.2) is 138 Å².